The summed E-state index contributed by atoms with van der Waals surface area (Å²) in [4.78, 5) is 5.00. The molecule has 0 aliphatic rings. The molecular weight excluding hydrogens is 310 g/mol. The molecule has 25 heavy (non-hydrogen) atoms. The van der Waals surface area contributed by atoms with Crippen molar-refractivity contribution >= 4 is 10.8 Å². The SMILES string of the molecule is CO/N=c1\oc(-c2ccccc2)c(-c2ccccc2)c2ccccc12. The van der Waals surface area contributed by atoms with Gasteiger partial charge in [0.1, 0.15) is 12.9 Å². The Morgan fingerprint density at radius 3 is 1.88 bits per heavy atom. The molecule has 4 aromatic rings. The van der Waals surface area contributed by atoms with Gasteiger partial charge < -0.3 is 9.25 Å². The van der Waals surface area contributed by atoms with Crippen LogP contribution < -0.4 is 5.55 Å². The lowest BCUT2D eigenvalue weighted by Crippen LogP contribution is -2.06. The van der Waals surface area contributed by atoms with Crippen LogP contribution in [0.5, 0.6) is 0 Å². The van der Waals surface area contributed by atoms with E-state index in [0.29, 0.717) is 5.55 Å². The molecule has 0 atom stereocenters. The van der Waals surface area contributed by atoms with Crippen molar-refractivity contribution in [3.63, 3.8) is 0 Å². The average molecular weight is 327 g/mol. The summed E-state index contributed by atoms with van der Waals surface area (Å²) >= 11 is 0. The highest BCUT2D eigenvalue weighted by atomic mass is 16.6. The highest BCUT2D eigenvalue weighted by molar-refractivity contribution is 6.01. The van der Waals surface area contributed by atoms with Gasteiger partial charge in [0.25, 0.3) is 5.55 Å². The summed E-state index contributed by atoms with van der Waals surface area (Å²) in [7, 11) is 1.53. The molecule has 3 heteroatoms. The summed E-state index contributed by atoms with van der Waals surface area (Å²) < 4.78 is 6.21. The highest BCUT2D eigenvalue weighted by Gasteiger charge is 2.16. The van der Waals surface area contributed by atoms with Crippen LogP contribution in [0, 0.1) is 0 Å². The highest BCUT2D eigenvalue weighted by Crippen LogP contribution is 2.36. The first kappa shape index (κ1) is 15.2. The van der Waals surface area contributed by atoms with Crippen molar-refractivity contribution in [2.24, 2.45) is 5.16 Å². The summed E-state index contributed by atoms with van der Waals surface area (Å²) in [5, 5.41) is 6.09. The first-order valence-corrected chi connectivity index (χ1v) is 8.12. The molecule has 0 fully saturated rings. The summed E-state index contributed by atoms with van der Waals surface area (Å²) in [6.07, 6.45) is 0. The van der Waals surface area contributed by atoms with Crippen molar-refractivity contribution in [3.05, 3.63) is 90.5 Å². The monoisotopic (exact) mass is 327 g/mol. The van der Waals surface area contributed by atoms with Gasteiger partial charge in [-0.25, -0.2) is 0 Å². The second-order valence-corrected chi connectivity index (χ2v) is 5.66. The summed E-state index contributed by atoms with van der Waals surface area (Å²) in [5.74, 6) is 0.779. The van der Waals surface area contributed by atoms with Crippen LogP contribution >= 0.6 is 0 Å². The lowest BCUT2D eigenvalue weighted by atomic mass is 9.95. The van der Waals surface area contributed by atoms with Crippen LogP contribution in [-0.4, -0.2) is 7.11 Å². The second kappa shape index (κ2) is 6.65. The van der Waals surface area contributed by atoms with Gasteiger partial charge in [0.15, 0.2) is 0 Å². The van der Waals surface area contributed by atoms with Crippen LogP contribution in [-0.2, 0) is 4.84 Å². The molecule has 122 valence electrons. The first-order valence-electron chi connectivity index (χ1n) is 8.12. The third-order valence-electron chi connectivity index (χ3n) is 4.13. The Labute approximate surface area is 145 Å². The standard InChI is InChI=1S/C22H17NO2/c1-24-23-22-19-15-9-8-14-18(19)20(16-10-4-2-5-11-16)21(25-22)17-12-6-3-7-13-17/h2-15H,1H3/b23-22-. The number of hydrogen-bond acceptors (Lipinski definition) is 3. The quantitative estimate of drug-likeness (QED) is 0.483. The molecule has 0 radical (unpaired) electrons. The molecule has 0 saturated carbocycles. The van der Waals surface area contributed by atoms with Crippen LogP contribution in [0.1, 0.15) is 0 Å². The largest absolute Gasteiger partial charge is 0.435 e. The lowest BCUT2D eigenvalue weighted by Gasteiger charge is -2.13. The van der Waals surface area contributed by atoms with E-state index in [2.05, 4.69) is 23.4 Å². The number of benzene rings is 3. The van der Waals surface area contributed by atoms with E-state index in [0.717, 1.165) is 33.2 Å². The summed E-state index contributed by atoms with van der Waals surface area (Å²) in [6.45, 7) is 0. The number of fused-ring (bicyclic) bond motifs is 1. The molecule has 0 bridgehead atoms. The fourth-order valence-electron chi connectivity index (χ4n) is 3.05. The Bertz CT molecular complexity index is 1070. The van der Waals surface area contributed by atoms with E-state index in [4.69, 9.17) is 9.25 Å². The van der Waals surface area contributed by atoms with Crippen LogP contribution in [0.25, 0.3) is 33.2 Å². The molecule has 0 aliphatic heterocycles. The third kappa shape index (κ3) is 2.81. The van der Waals surface area contributed by atoms with Crippen molar-refractivity contribution in [1.82, 2.24) is 0 Å². The molecule has 1 aromatic heterocycles. The minimum Gasteiger partial charge on any atom is -0.435 e. The smallest absolute Gasteiger partial charge is 0.263 e. The molecule has 0 saturated heterocycles. The molecule has 0 unspecified atom stereocenters. The lowest BCUT2D eigenvalue weighted by molar-refractivity contribution is 0.186. The predicted molar refractivity (Wildman–Crippen MR) is 99.7 cm³/mol. The van der Waals surface area contributed by atoms with E-state index in [-0.39, 0.29) is 0 Å². The van der Waals surface area contributed by atoms with Crippen molar-refractivity contribution < 1.29 is 9.25 Å². The Hall–Kier alpha value is -3.33. The van der Waals surface area contributed by atoms with Gasteiger partial charge in [-0.2, -0.15) is 0 Å². The van der Waals surface area contributed by atoms with Crippen LogP contribution in [0.2, 0.25) is 0 Å². The molecule has 0 amide bonds. The fraction of sp³-hybridized carbons (Fsp3) is 0.0455. The van der Waals surface area contributed by atoms with Crippen molar-refractivity contribution in [1.29, 1.82) is 0 Å². The zero-order valence-corrected chi connectivity index (χ0v) is 13.8. The minimum atomic E-state index is 0.469. The van der Waals surface area contributed by atoms with Crippen LogP contribution in [0.3, 0.4) is 0 Å². The van der Waals surface area contributed by atoms with E-state index in [1.165, 1.54) is 7.11 Å². The van der Waals surface area contributed by atoms with Gasteiger partial charge in [0, 0.05) is 16.5 Å². The fourth-order valence-corrected chi connectivity index (χ4v) is 3.05. The Kier molecular flexibility index (Phi) is 4.05. The van der Waals surface area contributed by atoms with Gasteiger partial charge in [-0.05, 0) is 22.2 Å². The summed E-state index contributed by atoms with van der Waals surface area (Å²) in [6, 6.07) is 28.4. The maximum absolute atomic E-state index is 6.21. The number of nitrogens with zero attached hydrogens (tertiary/aromatic N) is 1. The predicted octanol–water partition coefficient (Wildman–Crippen LogP) is 5.23. The molecule has 3 nitrogen and oxygen atoms in total. The zero-order valence-electron chi connectivity index (χ0n) is 13.8. The zero-order chi connectivity index (χ0) is 17.1. The van der Waals surface area contributed by atoms with Crippen molar-refractivity contribution in [2.45, 2.75) is 0 Å². The maximum atomic E-state index is 6.21. The first-order chi connectivity index (χ1) is 12.4. The minimum absolute atomic E-state index is 0.469. The van der Waals surface area contributed by atoms with Crippen LogP contribution in [0.4, 0.5) is 0 Å². The van der Waals surface area contributed by atoms with Gasteiger partial charge in [-0.15, -0.1) is 0 Å². The molecule has 3 aromatic carbocycles. The Morgan fingerprint density at radius 1 is 0.680 bits per heavy atom. The summed E-state index contributed by atoms with van der Waals surface area (Å²) in [5.41, 5.74) is 3.62. The molecule has 0 N–H and O–H groups in total. The van der Waals surface area contributed by atoms with Crippen LogP contribution in [0.15, 0.2) is 94.5 Å². The van der Waals surface area contributed by atoms with E-state index < -0.39 is 0 Å². The Balaban J connectivity index is 2.17. The maximum Gasteiger partial charge on any atom is 0.263 e. The average Bonchev–Trinajstić information content (AvgIpc) is 2.69. The molecular formula is C22H17NO2. The van der Waals surface area contributed by atoms with Gasteiger partial charge in [0.2, 0.25) is 0 Å². The van der Waals surface area contributed by atoms with Gasteiger partial charge >= 0.3 is 0 Å². The Morgan fingerprint density at radius 2 is 1.24 bits per heavy atom. The second-order valence-electron chi connectivity index (χ2n) is 5.66. The van der Waals surface area contributed by atoms with Gasteiger partial charge in [-0.1, -0.05) is 78.9 Å². The third-order valence-corrected chi connectivity index (χ3v) is 4.13. The number of rotatable bonds is 3. The van der Waals surface area contributed by atoms with E-state index >= 15 is 0 Å². The molecule has 4 rings (SSSR count). The molecule has 1 heterocycles. The van der Waals surface area contributed by atoms with Crippen molar-refractivity contribution in [3.8, 4) is 22.5 Å². The van der Waals surface area contributed by atoms with E-state index in [1.807, 2.05) is 66.7 Å². The topological polar surface area (TPSA) is 34.7 Å². The number of hydrogen-bond donors (Lipinski definition) is 0. The van der Waals surface area contributed by atoms with Crippen molar-refractivity contribution in [2.75, 3.05) is 7.11 Å². The van der Waals surface area contributed by atoms with E-state index in [9.17, 15) is 0 Å². The molecule has 0 aliphatic carbocycles. The van der Waals surface area contributed by atoms with Gasteiger partial charge in [-0.3, -0.25) is 0 Å². The van der Waals surface area contributed by atoms with Gasteiger partial charge in [0.05, 0.1) is 0 Å². The molecule has 0 spiro atoms. The van der Waals surface area contributed by atoms with E-state index in [1.54, 1.807) is 0 Å². The normalized spacial score (nSPS) is 11.6.